The molecule has 0 aromatic carbocycles. The van der Waals surface area contributed by atoms with Crippen molar-refractivity contribution < 1.29 is 4.79 Å². The summed E-state index contributed by atoms with van der Waals surface area (Å²) in [6, 6.07) is 0.261. The smallest absolute Gasteiger partial charge is 0.243 e. The van der Waals surface area contributed by atoms with Gasteiger partial charge in [0.25, 0.3) is 0 Å². The van der Waals surface area contributed by atoms with Crippen molar-refractivity contribution in [3.63, 3.8) is 0 Å². The SMILES string of the molecule is C=CC(=O)N[C@@H]1CCN(c2nc(Nc3cnn(C)c3)c3ncn(C(C)C)c3n2)C1. The van der Waals surface area contributed by atoms with Crippen molar-refractivity contribution in [1.82, 2.24) is 34.6 Å². The van der Waals surface area contributed by atoms with Gasteiger partial charge < -0.3 is 20.1 Å². The third-order valence-electron chi connectivity index (χ3n) is 4.94. The molecule has 2 N–H and O–H groups in total. The van der Waals surface area contributed by atoms with Crippen LogP contribution in [0.3, 0.4) is 0 Å². The van der Waals surface area contributed by atoms with Crippen molar-refractivity contribution in [3.8, 4) is 0 Å². The van der Waals surface area contributed by atoms with Crippen molar-refractivity contribution in [2.75, 3.05) is 23.3 Å². The van der Waals surface area contributed by atoms with Gasteiger partial charge >= 0.3 is 0 Å². The molecule has 0 spiro atoms. The van der Waals surface area contributed by atoms with E-state index in [1.54, 1.807) is 17.2 Å². The van der Waals surface area contributed by atoms with E-state index in [2.05, 4.69) is 46.0 Å². The molecular weight excluding hydrogens is 370 g/mol. The van der Waals surface area contributed by atoms with Crippen LogP contribution in [0.4, 0.5) is 17.5 Å². The third-order valence-corrected chi connectivity index (χ3v) is 4.94. The zero-order valence-electron chi connectivity index (χ0n) is 16.8. The number of nitrogens with one attached hydrogen (secondary N) is 2. The summed E-state index contributed by atoms with van der Waals surface area (Å²) in [5.74, 6) is 1.09. The zero-order valence-corrected chi connectivity index (χ0v) is 16.8. The summed E-state index contributed by atoms with van der Waals surface area (Å²) in [5, 5.41) is 10.5. The molecule has 4 rings (SSSR count). The highest BCUT2D eigenvalue weighted by Gasteiger charge is 2.27. The second-order valence-corrected chi connectivity index (χ2v) is 7.46. The van der Waals surface area contributed by atoms with Crippen LogP contribution in [0.25, 0.3) is 11.2 Å². The van der Waals surface area contributed by atoms with Gasteiger partial charge in [0.1, 0.15) is 0 Å². The molecule has 0 aliphatic carbocycles. The summed E-state index contributed by atoms with van der Waals surface area (Å²) in [5.41, 5.74) is 2.31. The quantitative estimate of drug-likeness (QED) is 0.613. The molecule has 0 radical (unpaired) electrons. The van der Waals surface area contributed by atoms with Crippen LogP contribution in [-0.4, -0.2) is 54.3 Å². The van der Waals surface area contributed by atoms with Crippen molar-refractivity contribution >= 4 is 34.5 Å². The van der Waals surface area contributed by atoms with Crippen LogP contribution in [-0.2, 0) is 11.8 Å². The molecule has 1 saturated heterocycles. The molecule has 10 heteroatoms. The Morgan fingerprint density at radius 2 is 2.21 bits per heavy atom. The zero-order chi connectivity index (χ0) is 20.5. The first kappa shape index (κ1) is 18.9. The Balaban J connectivity index is 1.69. The molecule has 4 heterocycles. The number of imidazole rings is 1. The molecule has 152 valence electrons. The standard InChI is InChI=1S/C19H25N9O/c1-5-15(29)22-13-6-7-27(10-13)19-24-17(23-14-8-21-26(4)9-14)16-18(25-19)28(11-20-16)12(2)3/h5,8-9,11-13H,1,6-7,10H2,2-4H3,(H,22,29)(H,23,24,25)/t13-/m1/s1. The van der Waals surface area contributed by atoms with E-state index >= 15 is 0 Å². The van der Waals surface area contributed by atoms with Gasteiger partial charge in [-0.05, 0) is 26.3 Å². The predicted molar refractivity (Wildman–Crippen MR) is 111 cm³/mol. The number of carbonyl (C=O) groups excluding carboxylic acids is 1. The molecule has 1 aliphatic heterocycles. The summed E-state index contributed by atoms with van der Waals surface area (Å²) >= 11 is 0. The van der Waals surface area contributed by atoms with E-state index in [0.29, 0.717) is 23.8 Å². The summed E-state index contributed by atoms with van der Waals surface area (Å²) in [7, 11) is 1.86. The molecule has 3 aromatic heterocycles. The van der Waals surface area contributed by atoms with Crippen LogP contribution in [0.2, 0.25) is 0 Å². The molecule has 0 saturated carbocycles. The number of amides is 1. The molecule has 1 aliphatic rings. The first-order valence-corrected chi connectivity index (χ1v) is 9.62. The Kier molecular flexibility index (Phi) is 4.91. The molecule has 1 fully saturated rings. The van der Waals surface area contributed by atoms with E-state index in [-0.39, 0.29) is 18.0 Å². The maximum Gasteiger partial charge on any atom is 0.243 e. The molecular formula is C19H25N9O. The minimum absolute atomic E-state index is 0.0459. The van der Waals surface area contributed by atoms with Crippen molar-refractivity contribution in [3.05, 3.63) is 31.4 Å². The van der Waals surface area contributed by atoms with Gasteiger partial charge in [-0.2, -0.15) is 15.1 Å². The Hall–Kier alpha value is -3.43. The molecule has 0 unspecified atom stereocenters. The van der Waals surface area contributed by atoms with Crippen LogP contribution >= 0.6 is 0 Å². The van der Waals surface area contributed by atoms with Gasteiger partial charge in [0, 0.05) is 38.4 Å². The number of hydrogen-bond donors (Lipinski definition) is 2. The predicted octanol–water partition coefficient (Wildman–Crippen LogP) is 1.77. The normalized spacial score (nSPS) is 16.6. The second kappa shape index (κ2) is 7.53. The van der Waals surface area contributed by atoms with E-state index in [1.165, 1.54) is 6.08 Å². The van der Waals surface area contributed by atoms with Gasteiger partial charge in [0.2, 0.25) is 11.9 Å². The maximum absolute atomic E-state index is 11.6. The van der Waals surface area contributed by atoms with Crippen molar-refractivity contribution in [1.29, 1.82) is 0 Å². The lowest BCUT2D eigenvalue weighted by molar-refractivity contribution is -0.117. The number of carbonyl (C=O) groups is 1. The molecule has 1 atom stereocenters. The Bertz CT molecular complexity index is 1050. The molecule has 3 aromatic rings. The van der Waals surface area contributed by atoms with Crippen LogP contribution in [0.5, 0.6) is 0 Å². The summed E-state index contributed by atoms with van der Waals surface area (Å²) < 4.78 is 3.75. The first-order chi connectivity index (χ1) is 13.9. The largest absolute Gasteiger partial charge is 0.348 e. The fraction of sp³-hybridized carbons (Fsp3) is 0.421. The van der Waals surface area contributed by atoms with Crippen LogP contribution in [0.1, 0.15) is 26.3 Å². The number of hydrogen-bond acceptors (Lipinski definition) is 7. The lowest BCUT2D eigenvalue weighted by Crippen LogP contribution is -2.36. The van der Waals surface area contributed by atoms with Crippen LogP contribution < -0.4 is 15.5 Å². The monoisotopic (exact) mass is 395 g/mol. The van der Waals surface area contributed by atoms with E-state index in [9.17, 15) is 4.79 Å². The fourth-order valence-electron chi connectivity index (χ4n) is 3.45. The van der Waals surface area contributed by atoms with E-state index in [0.717, 1.165) is 24.3 Å². The van der Waals surface area contributed by atoms with Gasteiger partial charge in [-0.1, -0.05) is 6.58 Å². The average molecular weight is 395 g/mol. The minimum Gasteiger partial charge on any atom is -0.348 e. The molecule has 0 bridgehead atoms. The molecule has 1 amide bonds. The van der Waals surface area contributed by atoms with Crippen molar-refractivity contribution in [2.45, 2.75) is 32.4 Å². The number of nitrogens with zero attached hydrogens (tertiary/aromatic N) is 7. The van der Waals surface area contributed by atoms with E-state index in [4.69, 9.17) is 9.97 Å². The second-order valence-electron chi connectivity index (χ2n) is 7.46. The van der Waals surface area contributed by atoms with Crippen LogP contribution in [0, 0.1) is 0 Å². The van der Waals surface area contributed by atoms with Gasteiger partial charge in [-0.3, -0.25) is 9.48 Å². The highest BCUT2D eigenvalue weighted by atomic mass is 16.1. The fourth-order valence-corrected chi connectivity index (χ4v) is 3.45. The molecule has 29 heavy (non-hydrogen) atoms. The van der Waals surface area contributed by atoms with E-state index < -0.39 is 0 Å². The van der Waals surface area contributed by atoms with Gasteiger partial charge in [-0.15, -0.1) is 0 Å². The number of anilines is 3. The lowest BCUT2D eigenvalue weighted by Gasteiger charge is -2.18. The van der Waals surface area contributed by atoms with Crippen LogP contribution in [0.15, 0.2) is 31.4 Å². The van der Waals surface area contributed by atoms with Gasteiger partial charge in [0.05, 0.1) is 18.2 Å². The number of aryl methyl sites for hydroxylation is 1. The molecule has 10 nitrogen and oxygen atoms in total. The Morgan fingerprint density at radius 1 is 1.38 bits per heavy atom. The minimum atomic E-state index is -0.162. The van der Waals surface area contributed by atoms with Gasteiger partial charge in [0.15, 0.2) is 17.0 Å². The number of aromatic nitrogens is 6. The summed E-state index contributed by atoms with van der Waals surface area (Å²) in [6.07, 6.45) is 7.53. The summed E-state index contributed by atoms with van der Waals surface area (Å²) in [6.45, 7) is 9.10. The van der Waals surface area contributed by atoms with Crippen molar-refractivity contribution in [2.24, 2.45) is 7.05 Å². The topological polar surface area (TPSA) is 106 Å². The number of fused-ring (bicyclic) bond motifs is 1. The maximum atomic E-state index is 11.6. The highest BCUT2D eigenvalue weighted by Crippen LogP contribution is 2.28. The first-order valence-electron chi connectivity index (χ1n) is 9.62. The average Bonchev–Trinajstić information content (AvgIpc) is 3.41. The lowest BCUT2D eigenvalue weighted by atomic mass is 10.2. The summed E-state index contributed by atoms with van der Waals surface area (Å²) in [4.78, 5) is 27.8. The van der Waals surface area contributed by atoms with E-state index in [1.807, 2.05) is 17.8 Å². The Labute approximate surface area is 168 Å². The Morgan fingerprint density at radius 3 is 2.90 bits per heavy atom. The third kappa shape index (κ3) is 3.78. The van der Waals surface area contributed by atoms with Gasteiger partial charge in [-0.25, -0.2) is 4.98 Å². The highest BCUT2D eigenvalue weighted by molar-refractivity contribution is 5.87. The number of rotatable bonds is 6.